The van der Waals surface area contributed by atoms with E-state index in [1.165, 1.54) is 0 Å². The molecule has 2 atom stereocenters. The molecule has 1 saturated heterocycles. The maximum atomic E-state index is 4.67. The van der Waals surface area contributed by atoms with Crippen LogP contribution in [0.25, 0.3) is 11.0 Å². The van der Waals surface area contributed by atoms with E-state index in [0.29, 0.717) is 0 Å². The van der Waals surface area contributed by atoms with Crippen molar-refractivity contribution >= 4 is 22.7 Å². The van der Waals surface area contributed by atoms with Crippen molar-refractivity contribution in [2.45, 2.75) is 13.3 Å². The fourth-order valence-electron chi connectivity index (χ4n) is 4.41. The highest BCUT2D eigenvalue weighted by molar-refractivity contribution is 5.87. The Morgan fingerprint density at radius 3 is 2.85 bits per heavy atom. The number of fused-ring (bicyclic) bond motifs is 2. The Balaban J connectivity index is 1.24. The summed E-state index contributed by atoms with van der Waals surface area (Å²) in [6.07, 6.45) is 6.33. The standard InChI is InChI=1S/C19H23N7/c1-3-16-20-7-5-17(24-16)26-9-14-13(15(14)10-26)8-25(2)19-12-4-6-21-18(12)22-11-23-19/h4-7,11,13-15H,3,8-10H2,1-2H3,(H,21,22,23). The van der Waals surface area contributed by atoms with Gasteiger partial charge in [0.15, 0.2) is 0 Å². The van der Waals surface area contributed by atoms with Gasteiger partial charge in [-0.15, -0.1) is 0 Å². The maximum absolute atomic E-state index is 4.67. The van der Waals surface area contributed by atoms with Gasteiger partial charge in [-0.25, -0.2) is 19.9 Å². The van der Waals surface area contributed by atoms with Gasteiger partial charge in [0.05, 0.1) is 5.39 Å². The molecule has 4 heterocycles. The van der Waals surface area contributed by atoms with E-state index < -0.39 is 0 Å². The lowest BCUT2D eigenvalue weighted by Gasteiger charge is -2.24. The molecule has 2 aliphatic rings. The number of H-pyrrole nitrogens is 1. The third-order valence-corrected chi connectivity index (χ3v) is 5.88. The van der Waals surface area contributed by atoms with Crippen molar-refractivity contribution in [1.29, 1.82) is 0 Å². The van der Waals surface area contributed by atoms with Crippen LogP contribution in [0.5, 0.6) is 0 Å². The first-order valence-corrected chi connectivity index (χ1v) is 9.30. The molecule has 7 heteroatoms. The number of hydrogen-bond donors (Lipinski definition) is 1. The van der Waals surface area contributed by atoms with Crippen LogP contribution in [0.3, 0.4) is 0 Å². The van der Waals surface area contributed by atoms with Gasteiger partial charge >= 0.3 is 0 Å². The Morgan fingerprint density at radius 1 is 1.19 bits per heavy atom. The highest BCUT2D eigenvalue weighted by Gasteiger charge is 2.56. The first kappa shape index (κ1) is 15.5. The van der Waals surface area contributed by atoms with Crippen LogP contribution in [0.15, 0.2) is 30.9 Å². The average Bonchev–Trinajstić information content (AvgIpc) is 3.08. The Morgan fingerprint density at radius 2 is 2.04 bits per heavy atom. The molecule has 26 heavy (non-hydrogen) atoms. The molecule has 3 aromatic heterocycles. The molecule has 2 unspecified atom stereocenters. The normalized spacial score (nSPS) is 24.1. The summed E-state index contributed by atoms with van der Waals surface area (Å²) in [5, 5.41) is 1.09. The predicted octanol–water partition coefficient (Wildman–Crippen LogP) is 2.13. The van der Waals surface area contributed by atoms with E-state index >= 15 is 0 Å². The molecule has 0 aromatic carbocycles. The summed E-state index contributed by atoms with van der Waals surface area (Å²) < 4.78 is 0. The van der Waals surface area contributed by atoms with E-state index in [1.807, 2.05) is 18.5 Å². The number of nitrogens with zero attached hydrogens (tertiary/aromatic N) is 6. The van der Waals surface area contributed by atoms with Crippen molar-refractivity contribution in [3.05, 3.63) is 36.7 Å². The topological polar surface area (TPSA) is 73.8 Å². The third-order valence-electron chi connectivity index (χ3n) is 5.88. The third kappa shape index (κ3) is 2.50. The fraction of sp³-hybridized carbons (Fsp3) is 0.474. The molecular formula is C19H23N7. The molecular weight excluding hydrogens is 326 g/mol. The highest BCUT2D eigenvalue weighted by Crippen LogP contribution is 2.52. The van der Waals surface area contributed by atoms with Gasteiger partial charge in [-0.3, -0.25) is 0 Å². The molecule has 134 valence electrons. The quantitative estimate of drug-likeness (QED) is 0.761. The van der Waals surface area contributed by atoms with Crippen molar-refractivity contribution < 1.29 is 0 Å². The van der Waals surface area contributed by atoms with Gasteiger partial charge in [-0.1, -0.05) is 6.92 Å². The molecule has 1 N–H and O–H groups in total. The van der Waals surface area contributed by atoms with E-state index in [2.05, 4.69) is 54.8 Å². The molecule has 7 nitrogen and oxygen atoms in total. The lowest BCUT2D eigenvalue weighted by molar-refractivity contribution is 0.624. The van der Waals surface area contributed by atoms with Crippen molar-refractivity contribution in [3.8, 4) is 0 Å². The summed E-state index contributed by atoms with van der Waals surface area (Å²) in [6.45, 7) is 5.35. The summed E-state index contributed by atoms with van der Waals surface area (Å²) >= 11 is 0. The number of aryl methyl sites for hydroxylation is 1. The largest absolute Gasteiger partial charge is 0.359 e. The number of nitrogens with one attached hydrogen (secondary N) is 1. The van der Waals surface area contributed by atoms with Gasteiger partial charge < -0.3 is 14.8 Å². The number of rotatable bonds is 5. The minimum atomic E-state index is 0.743. The molecule has 5 rings (SSSR count). The summed E-state index contributed by atoms with van der Waals surface area (Å²) in [5.74, 6) is 5.30. The van der Waals surface area contributed by atoms with Crippen LogP contribution >= 0.6 is 0 Å². The van der Waals surface area contributed by atoms with Crippen LogP contribution in [0.4, 0.5) is 11.6 Å². The molecule has 0 spiro atoms. The fourth-order valence-corrected chi connectivity index (χ4v) is 4.41. The smallest absolute Gasteiger partial charge is 0.142 e. The molecule has 1 aliphatic carbocycles. The second-order valence-electron chi connectivity index (χ2n) is 7.40. The van der Waals surface area contributed by atoms with Crippen LogP contribution in [-0.4, -0.2) is 51.6 Å². The van der Waals surface area contributed by atoms with Crippen LogP contribution in [0, 0.1) is 17.8 Å². The lowest BCUT2D eigenvalue weighted by atomic mass is 10.2. The number of piperidine rings is 1. The zero-order chi connectivity index (χ0) is 17.7. The van der Waals surface area contributed by atoms with Gasteiger partial charge in [0, 0.05) is 45.5 Å². The lowest BCUT2D eigenvalue weighted by Crippen LogP contribution is -2.29. The molecule has 2 fully saturated rings. The van der Waals surface area contributed by atoms with E-state index in [4.69, 9.17) is 0 Å². The second-order valence-corrected chi connectivity index (χ2v) is 7.40. The first-order chi connectivity index (χ1) is 12.7. The van der Waals surface area contributed by atoms with Crippen LogP contribution in [0.2, 0.25) is 0 Å². The number of aromatic nitrogens is 5. The number of anilines is 2. The van der Waals surface area contributed by atoms with Gasteiger partial charge in [-0.05, 0) is 29.9 Å². The highest BCUT2D eigenvalue weighted by atomic mass is 15.3. The van der Waals surface area contributed by atoms with Gasteiger partial charge in [0.25, 0.3) is 0 Å². The van der Waals surface area contributed by atoms with Gasteiger partial charge in [-0.2, -0.15) is 0 Å². The molecule has 1 aliphatic heterocycles. The summed E-state index contributed by atoms with van der Waals surface area (Å²) in [7, 11) is 2.14. The van der Waals surface area contributed by atoms with Crippen LogP contribution < -0.4 is 9.80 Å². The Hall–Kier alpha value is -2.70. The number of hydrogen-bond acceptors (Lipinski definition) is 6. The van der Waals surface area contributed by atoms with Gasteiger partial charge in [0.1, 0.15) is 29.4 Å². The summed E-state index contributed by atoms with van der Waals surface area (Å²) in [4.78, 5) is 25.6. The van der Waals surface area contributed by atoms with E-state index in [9.17, 15) is 0 Å². The van der Waals surface area contributed by atoms with Crippen LogP contribution in [-0.2, 0) is 6.42 Å². The minimum absolute atomic E-state index is 0.743. The molecule has 0 amide bonds. The van der Waals surface area contributed by atoms with Crippen molar-refractivity contribution in [1.82, 2.24) is 24.9 Å². The maximum Gasteiger partial charge on any atom is 0.142 e. The van der Waals surface area contributed by atoms with Crippen molar-refractivity contribution in [2.24, 2.45) is 17.8 Å². The monoisotopic (exact) mass is 349 g/mol. The molecule has 3 aromatic rings. The zero-order valence-electron chi connectivity index (χ0n) is 15.1. The Bertz CT molecular complexity index is 924. The first-order valence-electron chi connectivity index (χ1n) is 9.30. The molecule has 0 radical (unpaired) electrons. The molecule has 0 bridgehead atoms. The minimum Gasteiger partial charge on any atom is -0.359 e. The summed E-state index contributed by atoms with van der Waals surface area (Å²) in [5.41, 5.74) is 0.902. The van der Waals surface area contributed by atoms with Crippen molar-refractivity contribution in [3.63, 3.8) is 0 Å². The van der Waals surface area contributed by atoms with Gasteiger partial charge in [0.2, 0.25) is 0 Å². The average molecular weight is 349 g/mol. The number of aromatic amines is 1. The van der Waals surface area contributed by atoms with Crippen LogP contribution in [0.1, 0.15) is 12.7 Å². The zero-order valence-corrected chi connectivity index (χ0v) is 15.1. The SMILES string of the molecule is CCc1nccc(N2CC3C(CN(C)c4ncnc5[nH]ccc45)C3C2)n1. The molecule has 1 saturated carbocycles. The predicted molar refractivity (Wildman–Crippen MR) is 101 cm³/mol. The second kappa shape index (κ2) is 5.93. The van der Waals surface area contributed by atoms with E-state index in [0.717, 1.165) is 72.3 Å². The Labute approximate surface area is 152 Å². The Kier molecular flexibility index (Phi) is 3.55. The van der Waals surface area contributed by atoms with E-state index in [1.54, 1.807) is 6.33 Å². The summed E-state index contributed by atoms with van der Waals surface area (Å²) in [6, 6.07) is 4.09. The van der Waals surface area contributed by atoms with E-state index in [-0.39, 0.29) is 0 Å². The van der Waals surface area contributed by atoms with Crippen molar-refractivity contribution in [2.75, 3.05) is 36.5 Å².